The van der Waals surface area contributed by atoms with Gasteiger partial charge in [-0.05, 0) is 28.3 Å². The summed E-state index contributed by atoms with van der Waals surface area (Å²) in [5.41, 5.74) is 5.61. The second-order valence-corrected chi connectivity index (χ2v) is 10.4. The maximum absolute atomic E-state index is 13.5. The summed E-state index contributed by atoms with van der Waals surface area (Å²) in [6.45, 7) is 0. The third kappa shape index (κ3) is 5.21. The van der Waals surface area contributed by atoms with Crippen LogP contribution in [0.3, 0.4) is 0 Å². The van der Waals surface area contributed by atoms with Gasteiger partial charge in [0.25, 0.3) is 0 Å². The lowest BCUT2D eigenvalue weighted by Gasteiger charge is -2.13. The molecule has 2 heterocycles. The first kappa shape index (κ1) is 26.9. The van der Waals surface area contributed by atoms with Gasteiger partial charge >= 0.3 is 11.3 Å². The van der Waals surface area contributed by atoms with E-state index in [1.807, 2.05) is 152 Å². The molecule has 2 aromatic heterocycles. The highest BCUT2D eigenvalue weighted by atomic mass is 16.4. The molecular formula is C40H26O4. The van der Waals surface area contributed by atoms with Gasteiger partial charge in [-0.2, -0.15) is 0 Å². The molecular weight excluding hydrogens is 544 g/mol. The third-order valence-corrected chi connectivity index (χ3v) is 7.62. The van der Waals surface area contributed by atoms with Gasteiger partial charge in [0.2, 0.25) is 0 Å². The molecule has 210 valence electrons. The van der Waals surface area contributed by atoms with Crippen LogP contribution in [0.1, 0.15) is 22.3 Å². The van der Waals surface area contributed by atoms with Crippen LogP contribution in [0.25, 0.3) is 68.5 Å². The van der Waals surface area contributed by atoms with Gasteiger partial charge in [-0.25, -0.2) is 9.59 Å². The lowest BCUT2D eigenvalue weighted by Crippen LogP contribution is -2.08. The zero-order valence-electron chi connectivity index (χ0n) is 23.6. The Hall–Kier alpha value is -6.00. The van der Waals surface area contributed by atoms with Gasteiger partial charge in [-0.3, -0.25) is 0 Å². The zero-order chi connectivity index (χ0) is 29.9. The molecule has 44 heavy (non-hydrogen) atoms. The van der Waals surface area contributed by atoms with Crippen molar-refractivity contribution in [3.8, 4) is 22.3 Å². The number of hydrogen-bond donors (Lipinski definition) is 0. The van der Waals surface area contributed by atoms with E-state index in [0.29, 0.717) is 22.3 Å². The highest BCUT2D eigenvalue weighted by Gasteiger charge is 2.20. The van der Waals surface area contributed by atoms with Crippen molar-refractivity contribution in [1.82, 2.24) is 0 Å². The molecule has 0 atom stereocenters. The molecule has 0 aliphatic carbocycles. The predicted molar refractivity (Wildman–Crippen MR) is 180 cm³/mol. The van der Waals surface area contributed by atoms with Crippen molar-refractivity contribution in [3.05, 3.63) is 177 Å². The Morgan fingerprint density at radius 3 is 1.16 bits per heavy atom. The Labute approximate surface area is 253 Å². The smallest absolute Gasteiger partial charge is 0.344 e. The maximum Gasteiger partial charge on any atom is 0.344 e. The molecule has 0 bridgehead atoms. The first-order valence-corrected chi connectivity index (χ1v) is 14.3. The number of rotatable bonds is 6. The highest BCUT2D eigenvalue weighted by molar-refractivity contribution is 6.06. The monoisotopic (exact) mass is 570 g/mol. The molecule has 0 fully saturated rings. The largest absolute Gasteiger partial charge is 0.422 e. The van der Waals surface area contributed by atoms with Gasteiger partial charge in [0.1, 0.15) is 11.2 Å². The van der Waals surface area contributed by atoms with Crippen molar-refractivity contribution in [3.63, 3.8) is 0 Å². The van der Waals surface area contributed by atoms with Crippen molar-refractivity contribution < 1.29 is 8.83 Å². The molecule has 0 unspecified atom stereocenters. The summed E-state index contributed by atoms with van der Waals surface area (Å²) in [6.07, 6.45) is 7.89. The van der Waals surface area contributed by atoms with Crippen LogP contribution in [0.15, 0.2) is 152 Å². The fourth-order valence-electron chi connectivity index (χ4n) is 5.53. The maximum atomic E-state index is 13.5. The van der Waals surface area contributed by atoms with Crippen molar-refractivity contribution in [1.29, 1.82) is 0 Å². The first-order valence-electron chi connectivity index (χ1n) is 14.3. The van der Waals surface area contributed by atoms with Gasteiger partial charge < -0.3 is 8.83 Å². The van der Waals surface area contributed by atoms with Gasteiger partial charge in [-0.1, -0.05) is 146 Å². The van der Waals surface area contributed by atoms with Crippen LogP contribution in [0.4, 0.5) is 0 Å². The van der Waals surface area contributed by atoms with E-state index in [1.165, 1.54) is 0 Å². The molecule has 0 radical (unpaired) electrons. The Morgan fingerprint density at radius 2 is 0.773 bits per heavy atom. The Morgan fingerprint density at radius 1 is 0.409 bits per heavy atom. The number of hydrogen-bond acceptors (Lipinski definition) is 4. The fraction of sp³-hybridized carbons (Fsp3) is 0. The lowest BCUT2D eigenvalue weighted by molar-refractivity contribution is 0.551. The summed E-state index contributed by atoms with van der Waals surface area (Å²) in [7, 11) is 0. The SMILES string of the molecule is O=c1oc2cc3oc(=O)c(-c4ccccc4)c(/C=C/c4ccccc4)c3cc2c(/C=C/c2ccccc2)c1-c1ccccc1. The molecule has 7 aromatic rings. The molecule has 5 aromatic carbocycles. The van der Waals surface area contributed by atoms with Gasteiger partial charge in [0, 0.05) is 28.0 Å². The minimum absolute atomic E-state index is 0.337. The molecule has 0 saturated heterocycles. The molecule has 0 aliphatic rings. The van der Waals surface area contributed by atoms with Crippen LogP contribution in [-0.2, 0) is 0 Å². The summed E-state index contributed by atoms with van der Waals surface area (Å²) in [6, 6.07) is 42.5. The molecule has 4 nitrogen and oxygen atoms in total. The van der Waals surface area contributed by atoms with E-state index < -0.39 is 11.3 Å². The van der Waals surface area contributed by atoms with E-state index in [0.717, 1.165) is 44.2 Å². The van der Waals surface area contributed by atoms with Crippen LogP contribution in [0, 0.1) is 0 Å². The summed E-state index contributed by atoms with van der Waals surface area (Å²) >= 11 is 0. The van der Waals surface area contributed by atoms with Crippen molar-refractivity contribution in [2.45, 2.75) is 0 Å². The summed E-state index contributed by atoms with van der Waals surface area (Å²) in [5, 5.41) is 1.45. The predicted octanol–water partition coefficient (Wildman–Crippen LogP) is 9.57. The molecule has 0 saturated carbocycles. The van der Waals surface area contributed by atoms with E-state index in [4.69, 9.17) is 8.83 Å². The third-order valence-electron chi connectivity index (χ3n) is 7.62. The van der Waals surface area contributed by atoms with Gasteiger partial charge in [-0.15, -0.1) is 0 Å². The van der Waals surface area contributed by atoms with Crippen molar-refractivity contribution >= 4 is 46.2 Å². The summed E-state index contributed by atoms with van der Waals surface area (Å²) < 4.78 is 11.8. The molecule has 0 aliphatic heterocycles. The Kier molecular flexibility index (Phi) is 7.15. The lowest BCUT2D eigenvalue weighted by atomic mass is 9.93. The van der Waals surface area contributed by atoms with Crippen LogP contribution < -0.4 is 11.3 Å². The van der Waals surface area contributed by atoms with Crippen molar-refractivity contribution in [2.75, 3.05) is 0 Å². The molecule has 0 spiro atoms. The van der Waals surface area contributed by atoms with Crippen LogP contribution in [0.5, 0.6) is 0 Å². The van der Waals surface area contributed by atoms with Crippen LogP contribution >= 0.6 is 0 Å². The molecule has 4 heteroatoms. The van der Waals surface area contributed by atoms with Crippen molar-refractivity contribution in [2.24, 2.45) is 0 Å². The number of fused-ring (bicyclic) bond motifs is 2. The summed E-state index contributed by atoms with van der Waals surface area (Å²) in [4.78, 5) is 27.1. The van der Waals surface area contributed by atoms with E-state index in [2.05, 4.69) is 0 Å². The topological polar surface area (TPSA) is 60.4 Å². The van der Waals surface area contributed by atoms with Crippen LogP contribution in [-0.4, -0.2) is 0 Å². The number of benzene rings is 5. The average molecular weight is 571 g/mol. The molecule has 7 rings (SSSR count). The van der Waals surface area contributed by atoms with E-state index in [-0.39, 0.29) is 0 Å². The summed E-state index contributed by atoms with van der Waals surface area (Å²) in [5.74, 6) is 0. The molecule has 0 N–H and O–H groups in total. The zero-order valence-corrected chi connectivity index (χ0v) is 23.6. The second kappa shape index (κ2) is 11.7. The fourth-order valence-corrected chi connectivity index (χ4v) is 5.53. The van der Waals surface area contributed by atoms with Gasteiger partial charge in [0.15, 0.2) is 0 Å². The highest BCUT2D eigenvalue weighted by Crippen LogP contribution is 2.35. The van der Waals surface area contributed by atoms with E-state index >= 15 is 0 Å². The molecule has 0 amide bonds. The Bertz CT molecular complexity index is 2120. The quantitative estimate of drug-likeness (QED) is 0.148. The minimum atomic E-state index is -0.469. The van der Waals surface area contributed by atoms with Crippen LogP contribution in [0.2, 0.25) is 0 Å². The minimum Gasteiger partial charge on any atom is -0.422 e. The van der Waals surface area contributed by atoms with E-state index in [9.17, 15) is 9.59 Å². The first-order chi connectivity index (χ1) is 21.7. The normalized spacial score (nSPS) is 11.6. The Balaban J connectivity index is 1.57. The van der Waals surface area contributed by atoms with Gasteiger partial charge in [0.05, 0.1) is 11.1 Å². The standard InChI is InChI=1S/C40H26O4/c41-39-37(29-17-9-3-10-18-29)31(23-21-27-13-5-1-6-14-27)33-25-34-32(24-22-28-15-7-2-8-16-28)38(30-19-11-4-12-20-30)40(42)44-36(34)26-35(33)43-39/h1-26H/b23-21+,24-22+. The second-order valence-electron chi connectivity index (χ2n) is 10.4. The average Bonchev–Trinajstić information content (AvgIpc) is 3.07. The van der Waals surface area contributed by atoms with E-state index in [1.54, 1.807) is 6.07 Å².